The molecule has 0 aliphatic rings. The molecule has 1 aromatic heterocycles. The van der Waals surface area contributed by atoms with E-state index in [1.165, 1.54) is 6.26 Å². The summed E-state index contributed by atoms with van der Waals surface area (Å²) in [5.74, 6) is 0. The van der Waals surface area contributed by atoms with Crippen LogP contribution in [-0.4, -0.2) is 41.5 Å². The van der Waals surface area contributed by atoms with Crippen molar-refractivity contribution < 1.29 is 8.42 Å². The Bertz CT molecular complexity index is 466. The minimum Gasteiger partial charge on any atom is -0.308 e. The molecule has 1 heterocycles. The normalized spacial score (nSPS) is 15.8. The van der Waals surface area contributed by atoms with Gasteiger partial charge in [-0.25, -0.2) is 13.1 Å². The number of rotatable bonds is 5. The molecule has 6 nitrogen and oxygen atoms in total. The van der Waals surface area contributed by atoms with Crippen molar-refractivity contribution in [3.63, 3.8) is 0 Å². The van der Waals surface area contributed by atoms with Gasteiger partial charge in [-0.05, 0) is 29.4 Å². The van der Waals surface area contributed by atoms with Crippen molar-refractivity contribution in [3.05, 3.63) is 10.3 Å². The van der Waals surface area contributed by atoms with E-state index in [1.54, 1.807) is 18.7 Å². The maximum Gasteiger partial charge on any atom is 0.153 e. The largest absolute Gasteiger partial charge is 0.308 e. The van der Waals surface area contributed by atoms with Crippen molar-refractivity contribution >= 4 is 25.8 Å². The average Bonchev–Trinajstić information content (AvgIpc) is 2.53. The lowest BCUT2D eigenvalue weighted by molar-refractivity contribution is 0.482. The first-order valence-corrected chi connectivity index (χ1v) is 8.01. The van der Waals surface area contributed by atoms with Gasteiger partial charge in [-0.3, -0.25) is 0 Å². The molecule has 98 valence electrons. The molecule has 2 atom stereocenters. The van der Waals surface area contributed by atoms with Crippen molar-refractivity contribution in [2.24, 2.45) is 7.05 Å². The third kappa shape index (κ3) is 3.26. The highest BCUT2D eigenvalue weighted by Gasteiger charge is 2.31. The van der Waals surface area contributed by atoms with Crippen LogP contribution >= 0.6 is 15.9 Å². The molecule has 0 bridgehead atoms. The molecule has 1 aromatic rings. The van der Waals surface area contributed by atoms with Crippen LogP contribution in [0.3, 0.4) is 0 Å². The van der Waals surface area contributed by atoms with Gasteiger partial charge < -0.3 is 5.32 Å². The minimum absolute atomic E-state index is 0.329. The molecule has 1 N–H and O–H groups in total. The van der Waals surface area contributed by atoms with Crippen molar-refractivity contribution in [1.29, 1.82) is 0 Å². The summed E-state index contributed by atoms with van der Waals surface area (Å²) in [6.45, 7) is 4.28. The third-order valence-corrected chi connectivity index (χ3v) is 4.88. The second-order valence-electron chi connectivity index (χ2n) is 3.96. The molecule has 0 radical (unpaired) electrons. The standard InChI is InChI=1S/C9H17BrN4O2S/c1-5-11-7(6(2)17(4,15)16)8-9(10)12-13-14(8)3/h6-7,11H,5H2,1-4H3. The molecule has 1 rings (SSSR count). The second-order valence-corrected chi connectivity index (χ2v) is 7.11. The van der Waals surface area contributed by atoms with Gasteiger partial charge in [0.1, 0.15) is 0 Å². The van der Waals surface area contributed by atoms with Crippen LogP contribution in [0.5, 0.6) is 0 Å². The summed E-state index contributed by atoms with van der Waals surface area (Å²) in [6.07, 6.45) is 1.24. The minimum atomic E-state index is -3.14. The summed E-state index contributed by atoms with van der Waals surface area (Å²) >= 11 is 3.29. The van der Waals surface area contributed by atoms with Crippen LogP contribution in [0, 0.1) is 0 Å². The van der Waals surface area contributed by atoms with E-state index in [2.05, 4.69) is 31.6 Å². The molecule has 0 aromatic carbocycles. The number of nitrogens with one attached hydrogen (secondary N) is 1. The fraction of sp³-hybridized carbons (Fsp3) is 0.778. The summed E-state index contributed by atoms with van der Waals surface area (Å²) in [4.78, 5) is 0. The van der Waals surface area contributed by atoms with Gasteiger partial charge in [-0.2, -0.15) is 0 Å². The van der Waals surface area contributed by atoms with E-state index in [1.807, 2.05) is 6.92 Å². The Labute approximate surface area is 110 Å². The highest BCUT2D eigenvalue weighted by Crippen LogP contribution is 2.26. The Kier molecular flexibility index (Phi) is 4.68. The monoisotopic (exact) mass is 324 g/mol. The number of aryl methyl sites for hydroxylation is 1. The zero-order valence-corrected chi connectivity index (χ0v) is 12.7. The van der Waals surface area contributed by atoms with Crippen LogP contribution in [-0.2, 0) is 16.9 Å². The van der Waals surface area contributed by atoms with E-state index < -0.39 is 15.1 Å². The highest BCUT2D eigenvalue weighted by molar-refractivity contribution is 9.10. The molecule has 17 heavy (non-hydrogen) atoms. The van der Waals surface area contributed by atoms with Gasteiger partial charge >= 0.3 is 0 Å². The maximum absolute atomic E-state index is 11.7. The predicted molar refractivity (Wildman–Crippen MR) is 69.4 cm³/mol. The molecule has 0 fully saturated rings. The van der Waals surface area contributed by atoms with Crippen molar-refractivity contribution in [1.82, 2.24) is 20.3 Å². The number of nitrogens with zero attached hydrogens (tertiary/aromatic N) is 3. The van der Waals surface area contributed by atoms with Crippen LogP contribution < -0.4 is 5.32 Å². The summed E-state index contributed by atoms with van der Waals surface area (Å²) in [5.41, 5.74) is 0.741. The Morgan fingerprint density at radius 3 is 2.47 bits per heavy atom. The van der Waals surface area contributed by atoms with Crippen molar-refractivity contribution in [3.8, 4) is 0 Å². The van der Waals surface area contributed by atoms with Gasteiger partial charge in [0.25, 0.3) is 0 Å². The van der Waals surface area contributed by atoms with E-state index in [-0.39, 0.29) is 6.04 Å². The zero-order valence-electron chi connectivity index (χ0n) is 10.3. The molecule has 2 unspecified atom stereocenters. The van der Waals surface area contributed by atoms with Gasteiger partial charge in [0, 0.05) is 13.3 Å². The molecule has 0 aliphatic carbocycles. The first kappa shape index (κ1) is 14.6. The fourth-order valence-electron chi connectivity index (χ4n) is 1.62. The fourth-order valence-corrected chi connectivity index (χ4v) is 2.91. The van der Waals surface area contributed by atoms with E-state index in [0.29, 0.717) is 11.1 Å². The van der Waals surface area contributed by atoms with Gasteiger partial charge in [0.2, 0.25) is 0 Å². The molecule has 0 spiro atoms. The van der Waals surface area contributed by atoms with Crippen LogP contribution in [0.2, 0.25) is 0 Å². The predicted octanol–water partition coefficient (Wildman–Crippen LogP) is 0.661. The Morgan fingerprint density at radius 2 is 2.12 bits per heavy atom. The number of sulfone groups is 1. The molecule has 0 saturated carbocycles. The molecule has 8 heteroatoms. The smallest absolute Gasteiger partial charge is 0.153 e. The molecular weight excluding hydrogens is 308 g/mol. The second kappa shape index (κ2) is 5.45. The maximum atomic E-state index is 11.7. The van der Waals surface area contributed by atoms with Crippen molar-refractivity contribution in [2.75, 3.05) is 12.8 Å². The Balaban J connectivity index is 3.19. The van der Waals surface area contributed by atoms with Gasteiger partial charge in [0.05, 0.1) is 17.0 Å². The third-order valence-electron chi connectivity index (χ3n) is 2.69. The van der Waals surface area contributed by atoms with E-state index >= 15 is 0 Å². The van der Waals surface area contributed by atoms with E-state index in [4.69, 9.17) is 0 Å². The molecule has 0 aliphatic heterocycles. The lowest BCUT2D eigenvalue weighted by Gasteiger charge is -2.23. The van der Waals surface area contributed by atoms with Gasteiger partial charge in [0.15, 0.2) is 14.4 Å². The zero-order chi connectivity index (χ0) is 13.2. The average molecular weight is 325 g/mol. The summed E-state index contributed by atoms with van der Waals surface area (Å²) < 4.78 is 25.5. The van der Waals surface area contributed by atoms with Crippen LogP contribution in [0.1, 0.15) is 25.6 Å². The summed E-state index contributed by atoms with van der Waals surface area (Å²) in [5, 5.41) is 10.4. The molecule has 0 saturated heterocycles. The number of hydrogen-bond donors (Lipinski definition) is 1. The quantitative estimate of drug-likeness (QED) is 0.861. The van der Waals surface area contributed by atoms with Crippen LogP contribution in [0.4, 0.5) is 0 Å². The molecular formula is C9H17BrN4O2S. The number of hydrogen-bond acceptors (Lipinski definition) is 5. The first-order chi connectivity index (χ1) is 7.79. The Morgan fingerprint density at radius 1 is 1.53 bits per heavy atom. The molecule has 0 amide bonds. The Hall–Kier alpha value is -0.470. The lowest BCUT2D eigenvalue weighted by Crippen LogP contribution is -2.36. The summed E-state index contributed by atoms with van der Waals surface area (Å²) in [7, 11) is -1.39. The summed E-state index contributed by atoms with van der Waals surface area (Å²) in [6, 6.07) is -0.329. The first-order valence-electron chi connectivity index (χ1n) is 5.26. The van der Waals surface area contributed by atoms with Gasteiger partial charge in [-0.15, -0.1) is 5.10 Å². The SMILES string of the molecule is CCNC(c1c(Br)nnn1C)C(C)S(C)(=O)=O. The van der Waals surface area contributed by atoms with Crippen LogP contribution in [0.15, 0.2) is 4.60 Å². The van der Waals surface area contributed by atoms with Crippen LogP contribution in [0.25, 0.3) is 0 Å². The highest BCUT2D eigenvalue weighted by atomic mass is 79.9. The number of halogens is 1. The van der Waals surface area contributed by atoms with E-state index in [0.717, 1.165) is 5.69 Å². The topological polar surface area (TPSA) is 76.9 Å². The van der Waals surface area contributed by atoms with Crippen molar-refractivity contribution in [2.45, 2.75) is 25.1 Å². The number of aromatic nitrogens is 3. The lowest BCUT2D eigenvalue weighted by atomic mass is 10.1. The van der Waals surface area contributed by atoms with Gasteiger partial charge in [-0.1, -0.05) is 12.1 Å². The van der Waals surface area contributed by atoms with E-state index in [9.17, 15) is 8.42 Å².